The summed E-state index contributed by atoms with van der Waals surface area (Å²) in [5.74, 6) is -1.44. The number of halogens is 3. The molecule has 2 rings (SSSR count). The number of aromatic amines is 1. The summed E-state index contributed by atoms with van der Waals surface area (Å²) in [5.41, 5.74) is 0.509. The lowest BCUT2D eigenvalue weighted by Gasteiger charge is -2.25. The highest BCUT2D eigenvalue weighted by atomic mass is 19.4. The molecule has 1 aliphatic rings. The highest BCUT2D eigenvalue weighted by molar-refractivity contribution is 4.98. The van der Waals surface area contributed by atoms with Crippen LogP contribution < -0.4 is 0 Å². The van der Waals surface area contributed by atoms with Crippen LogP contribution in [0.5, 0.6) is 0 Å². The summed E-state index contributed by atoms with van der Waals surface area (Å²) in [5, 5.41) is 0. The molecule has 0 spiro atoms. The topological polar surface area (TPSA) is 28.7 Å². The zero-order chi connectivity index (χ0) is 11.6. The molecule has 0 bridgehead atoms. The molecule has 90 valence electrons. The molecule has 0 radical (unpaired) electrons. The highest BCUT2D eigenvalue weighted by Crippen LogP contribution is 2.42. The van der Waals surface area contributed by atoms with E-state index in [1.807, 2.05) is 0 Å². The van der Waals surface area contributed by atoms with Gasteiger partial charge in [-0.25, -0.2) is 4.98 Å². The largest absolute Gasteiger partial charge is 0.392 e. The van der Waals surface area contributed by atoms with E-state index >= 15 is 0 Å². The molecule has 0 aromatic carbocycles. The first-order valence-electron chi connectivity index (χ1n) is 5.62. The van der Waals surface area contributed by atoms with E-state index in [0.717, 1.165) is 12.8 Å². The van der Waals surface area contributed by atoms with Gasteiger partial charge < -0.3 is 4.98 Å². The third-order valence-electron chi connectivity index (χ3n) is 3.37. The molecule has 0 saturated heterocycles. The van der Waals surface area contributed by atoms with Crippen molar-refractivity contribution in [3.63, 3.8) is 0 Å². The number of H-pyrrole nitrogens is 1. The van der Waals surface area contributed by atoms with Gasteiger partial charge in [-0.15, -0.1) is 0 Å². The number of hydrogen-bond acceptors (Lipinski definition) is 1. The maximum Gasteiger partial charge on any atom is 0.392 e. The Kier molecular flexibility index (Phi) is 3.21. The van der Waals surface area contributed by atoms with Crippen LogP contribution in [0.4, 0.5) is 13.2 Å². The summed E-state index contributed by atoms with van der Waals surface area (Å²) >= 11 is 0. The Bertz CT molecular complexity index is 312. The molecule has 0 aliphatic heterocycles. The molecule has 1 N–H and O–H groups in total. The van der Waals surface area contributed by atoms with Gasteiger partial charge in [0.1, 0.15) is 0 Å². The maximum atomic E-state index is 12.9. The van der Waals surface area contributed by atoms with Crippen molar-refractivity contribution >= 4 is 0 Å². The average Bonchev–Trinajstić information content (AvgIpc) is 2.85. The van der Waals surface area contributed by atoms with Crippen molar-refractivity contribution in [2.75, 3.05) is 0 Å². The van der Waals surface area contributed by atoms with Gasteiger partial charge in [-0.2, -0.15) is 13.2 Å². The average molecular weight is 232 g/mol. The summed E-state index contributed by atoms with van der Waals surface area (Å²) in [6.45, 7) is 0. The molecule has 5 heteroatoms. The van der Waals surface area contributed by atoms with Crippen molar-refractivity contribution in [1.82, 2.24) is 9.97 Å². The molecule has 16 heavy (non-hydrogen) atoms. The van der Waals surface area contributed by atoms with Crippen molar-refractivity contribution in [3.05, 3.63) is 18.2 Å². The number of rotatable bonds is 3. The Morgan fingerprint density at radius 1 is 1.38 bits per heavy atom. The zero-order valence-corrected chi connectivity index (χ0v) is 8.93. The molecule has 1 aromatic rings. The van der Waals surface area contributed by atoms with Gasteiger partial charge in [0.15, 0.2) is 0 Å². The molecule has 0 amide bonds. The van der Waals surface area contributed by atoms with E-state index in [1.165, 1.54) is 6.33 Å². The third-order valence-corrected chi connectivity index (χ3v) is 3.37. The first-order chi connectivity index (χ1) is 7.57. The van der Waals surface area contributed by atoms with Gasteiger partial charge in [-0.1, -0.05) is 12.8 Å². The highest BCUT2D eigenvalue weighted by Gasteiger charge is 2.45. The molecular formula is C11H15F3N2. The third kappa shape index (κ3) is 2.57. The van der Waals surface area contributed by atoms with Crippen LogP contribution in [0.15, 0.2) is 12.5 Å². The van der Waals surface area contributed by atoms with Crippen LogP contribution in [0.25, 0.3) is 0 Å². The predicted molar refractivity (Wildman–Crippen MR) is 53.8 cm³/mol. The quantitative estimate of drug-likeness (QED) is 0.850. The number of hydrogen-bond donors (Lipinski definition) is 1. The second-order valence-corrected chi connectivity index (χ2v) is 4.46. The lowest BCUT2D eigenvalue weighted by Crippen LogP contribution is -2.31. The van der Waals surface area contributed by atoms with Gasteiger partial charge in [0.25, 0.3) is 0 Å². The number of nitrogens with zero attached hydrogens (tertiary/aromatic N) is 1. The fraction of sp³-hybridized carbons (Fsp3) is 0.727. The first kappa shape index (κ1) is 11.5. The Hall–Kier alpha value is -1.00. The Morgan fingerprint density at radius 2 is 2.06 bits per heavy atom. The summed E-state index contributed by atoms with van der Waals surface area (Å²) in [6.07, 6.45) is 2.15. The van der Waals surface area contributed by atoms with E-state index in [9.17, 15) is 13.2 Å². The van der Waals surface area contributed by atoms with Crippen molar-refractivity contribution in [2.24, 2.45) is 11.8 Å². The maximum absolute atomic E-state index is 12.9. The normalized spacial score (nSPS) is 20.2. The van der Waals surface area contributed by atoms with Gasteiger partial charge in [0, 0.05) is 12.6 Å². The molecule has 1 aliphatic carbocycles. The van der Waals surface area contributed by atoms with Gasteiger partial charge >= 0.3 is 6.18 Å². The van der Waals surface area contributed by atoms with Crippen molar-refractivity contribution in [2.45, 2.75) is 38.3 Å². The van der Waals surface area contributed by atoms with Crippen molar-refractivity contribution in [1.29, 1.82) is 0 Å². The monoisotopic (exact) mass is 232 g/mol. The number of imidazole rings is 1. The van der Waals surface area contributed by atoms with Crippen LogP contribution in [0.2, 0.25) is 0 Å². The van der Waals surface area contributed by atoms with Gasteiger partial charge in [0.05, 0.1) is 17.9 Å². The number of alkyl halides is 3. The summed E-state index contributed by atoms with van der Waals surface area (Å²) in [7, 11) is 0. The minimum atomic E-state index is -4.10. The van der Waals surface area contributed by atoms with Gasteiger partial charge in [-0.05, 0) is 18.8 Å². The molecule has 1 aromatic heterocycles. The first-order valence-corrected chi connectivity index (χ1v) is 5.62. The summed E-state index contributed by atoms with van der Waals surface area (Å²) in [6, 6.07) is 0. The predicted octanol–water partition coefficient (Wildman–Crippen LogP) is 3.32. The van der Waals surface area contributed by atoms with Crippen molar-refractivity contribution in [3.8, 4) is 0 Å². The van der Waals surface area contributed by atoms with Crippen LogP contribution >= 0.6 is 0 Å². The standard InChI is InChI=1S/C11H15F3N2/c12-11(13,14)10(8-3-1-2-4-8)5-9-6-15-7-16-9/h6-8,10H,1-5H2,(H,15,16). The minimum absolute atomic E-state index is 0.0116. The molecule has 1 fully saturated rings. The van der Waals surface area contributed by atoms with Crippen LogP contribution in [0, 0.1) is 11.8 Å². The van der Waals surface area contributed by atoms with Gasteiger partial charge in [0.2, 0.25) is 0 Å². The number of aromatic nitrogens is 2. The number of nitrogens with one attached hydrogen (secondary N) is 1. The van der Waals surface area contributed by atoms with E-state index < -0.39 is 12.1 Å². The van der Waals surface area contributed by atoms with Crippen LogP contribution in [-0.4, -0.2) is 16.1 Å². The second-order valence-electron chi connectivity index (χ2n) is 4.46. The zero-order valence-electron chi connectivity index (χ0n) is 8.93. The molecule has 1 atom stereocenters. The molecule has 2 nitrogen and oxygen atoms in total. The van der Waals surface area contributed by atoms with E-state index in [1.54, 1.807) is 6.20 Å². The van der Waals surface area contributed by atoms with E-state index in [4.69, 9.17) is 0 Å². The SMILES string of the molecule is FC(F)(F)C(Cc1c[nH]cn1)C1CCCC1. The van der Waals surface area contributed by atoms with Crippen LogP contribution in [0.1, 0.15) is 31.4 Å². The molecule has 1 saturated carbocycles. The van der Waals surface area contributed by atoms with Crippen LogP contribution in [0.3, 0.4) is 0 Å². The molecular weight excluding hydrogens is 217 g/mol. The fourth-order valence-corrected chi connectivity index (χ4v) is 2.54. The lowest BCUT2D eigenvalue weighted by atomic mass is 9.86. The molecule has 1 unspecified atom stereocenters. The Morgan fingerprint density at radius 3 is 2.56 bits per heavy atom. The summed E-state index contributed by atoms with van der Waals surface area (Å²) < 4.78 is 38.8. The Balaban J connectivity index is 2.08. The lowest BCUT2D eigenvalue weighted by molar-refractivity contribution is -0.188. The van der Waals surface area contributed by atoms with Crippen LogP contribution in [-0.2, 0) is 6.42 Å². The second kappa shape index (κ2) is 4.47. The van der Waals surface area contributed by atoms with Gasteiger partial charge in [-0.3, -0.25) is 0 Å². The summed E-state index contributed by atoms with van der Waals surface area (Å²) in [4.78, 5) is 6.58. The Labute approximate surface area is 92.3 Å². The minimum Gasteiger partial charge on any atom is -0.351 e. The smallest absolute Gasteiger partial charge is 0.351 e. The van der Waals surface area contributed by atoms with Crippen molar-refractivity contribution < 1.29 is 13.2 Å². The molecule has 1 heterocycles. The fourth-order valence-electron chi connectivity index (χ4n) is 2.54. The van der Waals surface area contributed by atoms with E-state index in [-0.39, 0.29) is 12.3 Å². The van der Waals surface area contributed by atoms with E-state index in [0.29, 0.717) is 18.5 Å². The van der Waals surface area contributed by atoms with E-state index in [2.05, 4.69) is 9.97 Å².